The predicted octanol–water partition coefficient (Wildman–Crippen LogP) is 3.86. The molecule has 0 fully saturated rings. The van der Waals surface area contributed by atoms with Crippen molar-refractivity contribution < 1.29 is 30.7 Å². The molecule has 0 atom stereocenters. The largest absolute Gasteiger partial charge is 0.506 e. The summed E-state index contributed by atoms with van der Waals surface area (Å²) < 4.78 is 57.9. The maximum Gasteiger partial charge on any atom is 0.397 e. The van der Waals surface area contributed by atoms with Crippen LogP contribution in [0.4, 0.5) is 11.4 Å². The van der Waals surface area contributed by atoms with Crippen LogP contribution in [0.5, 0.6) is 5.75 Å². The topological polar surface area (TPSA) is 143 Å². The molecule has 9 nitrogen and oxygen atoms in total. The average molecular weight is 450 g/mol. The molecular formula is C19H18N2O7S2. The first kappa shape index (κ1) is 21.8. The lowest BCUT2D eigenvalue weighted by Gasteiger charge is -2.06. The van der Waals surface area contributed by atoms with Crippen LogP contribution in [-0.4, -0.2) is 38.9 Å². The van der Waals surface area contributed by atoms with Gasteiger partial charge in [0.05, 0.1) is 22.9 Å². The fourth-order valence-corrected chi connectivity index (χ4v) is 4.21. The number of fused-ring (bicyclic) bond motifs is 1. The first-order valence-corrected chi connectivity index (χ1v) is 11.7. The number of rotatable bonds is 7. The highest BCUT2D eigenvalue weighted by molar-refractivity contribution is 7.91. The molecule has 0 unspecified atom stereocenters. The van der Waals surface area contributed by atoms with E-state index in [-0.39, 0.29) is 10.6 Å². The number of hydrogen-bond acceptors (Lipinski definition) is 8. The molecule has 0 saturated carbocycles. The zero-order chi connectivity index (χ0) is 21.9. The van der Waals surface area contributed by atoms with Crippen LogP contribution in [0.15, 0.2) is 69.7 Å². The molecule has 0 heterocycles. The second kappa shape index (κ2) is 8.48. The van der Waals surface area contributed by atoms with Crippen LogP contribution in [0.1, 0.15) is 5.56 Å². The zero-order valence-corrected chi connectivity index (χ0v) is 17.4. The van der Waals surface area contributed by atoms with Crippen LogP contribution in [-0.2, 0) is 24.4 Å². The van der Waals surface area contributed by atoms with Crippen molar-refractivity contribution in [3.63, 3.8) is 0 Å². The Hall–Kier alpha value is -2.86. The molecule has 3 rings (SSSR count). The molecule has 0 spiro atoms. The fourth-order valence-electron chi connectivity index (χ4n) is 2.72. The molecule has 158 valence electrons. The lowest BCUT2D eigenvalue weighted by Crippen LogP contribution is -2.15. The van der Waals surface area contributed by atoms with Crippen LogP contribution in [0.25, 0.3) is 10.8 Å². The van der Waals surface area contributed by atoms with Crippen LogP contribution in [0.2, 0.25) is 0 Å². The minimum Gasteiger partial charge on any atom is -0.506 e. The Kier molecular flexibility index (Phi) is 6.17. The Balaban J connectivity index is 1.80. The van der Waals surface area contributed by atoms with Gasteiger partial charge in [-0.25, -0.2) is 12.6 Å². The molecule has 3 aromatic rings. The van der Waals surface area contributed by atoms with Crippen molar-refractivity contribution >= 4 is 42.4 Å². The van der Waals surface area contributed by atoms with Crippen LogP contribution in [0, 0.1) is 6.92 Å². The highest BCUT2D eigenvalue weighted by atomic mass is 32.3. The predicted molar refractivity (Wildman–Crippen MR) is 111 cm³/mol. The monoisotopic (exact) mass is 450 g/mol. The van der Waals surface area contributed by atoms with Crippen molar-refractivity contribution in [2.75, 3.05) is 12.4 Å². The molecule has 0 amide bonds. The van der Waals surface area contributed by atoms with Gasteiger partial charge in [0.1, 0.15) is 11.4 Å². The molecule has 0 bridgehead atoms. The van der Waals surface area contributed by atoms with Crippen LogP contribution >= 0.6 is 0 Å². The SMILES string of the molecule is Cc1ccc2c(N=Nc3ccc(S(=O)(=O)CCOS(=O)(=O)O)cc3)c(O)ccc2c1. The van der Waals surface area contributed by atoms with E-state index in [1.54, 1.807) is 6.07 Å². The fraction of sp³-hybridized carbons (Fsp3) is 0.158. The van der Waals surface area contributed by atoms with Crippen molar-refractivity contribution in [3.05, 3.63) is 60.2 Å². The molecule has 0 aliphatic heterocycles. The Bertz CT molecular complexity index is 1320. The molecule has 3 aromatic carbocycles. The maximum atomic E-state index is 12.2. The van der Waals surface area contributed by atoms with Gasteiger partial charge in [-0.15, -0.1) is 5.11 Å². The molecule has 0 aliphatic rings. The lowest BCUT2D eigenvalue weighted by molar-refractivity contribution is 0.284. The molecule has 0 radical (unpaired) electrons. The third kappa shape index (κ3) is 5.39. The van der Waals surface area contributed by atoms with E-state index in [0.717, 1.165) is 16.3 Å². The highest BCUT2D eigenvalue weighted by Crippen LogP contribution is 2.36. The molecule has 30 heavy (non-hydrogen) atoms. The second-order valence-electron chi connectivity index (χ2n) is 6.42. The number of sulfone groups is 1. The van der Waals surface area contributed by atoms with E-state index in [0.29, 0.717) is 11.4 Å². The average Bonchev–Trinajstić information content (AvgIpc) is 2.66. The zero-order valence-electron chi connectivity index (χ0n) is 15.8. The molecule has 2 N–H and O–H groups in total. The van der Waals surface area contributed by atoms with Crippen LogP contribution in [0.3, 0.4) is 0 Å². The minimum absolute atomic E-state index is 0.0341. The summed E-state index contributed by atoms with van der Waals surface area (Å²) in [7, 11) is -8.52. The van der Waals surface area contributed by atoms with Gasteiger partial charge < -0.3 is 5.11 Å². The van der Waals surface area contributed by atoms with E-state index in [1.165, 1.54) is 30.3 Å². The second-order valence-corrected chi connectivity index (χ2v) is 9.62. The van der Waals surface area contributed by atoms with Crippen molar-refractivity contribution in [2.24, 2.45) is 10.2 Å². The lowest BCUT2D eigenvalue weighted by atomic mass is 10.1. The van der Waals surface area contributed by atoms with Crippen molar-refractivity contribution in [1.82, 2.24) is 0 Å². The summed E-state index contributed by atoms with van der Waals surface area (Å²) in [6.07, 6.45) is 0. The Morgan fingerprint density at radius 2 is 1.63 bits per heavy atom. The van der Waals surface area contributed by atoms with Gasteiger partial charge in [-0.3, -0.25) is 4.55 Å². The van der Waals surface area contributed by atoms with E-state index >= 15 is 0 Å². The summed E-state index contributed by atoms with van der Waals surface area (Å²) in [5, 5.41) is 19.9. The van der Waals surface area contributed by atoms with Gasteiger partial charge in [0.15, 0.2) is 9.84 Å². The molecule has 0 aliphatic carbocycles. The normalized spacial score (nSPS) is 12.6. The number of phenols is 1. The standard InChI is InChI=1S/C19H18N2O7S2/c1-13-2-8-17-14(12-13)3-9-18(22)19(17)21-20-15-4-6-16(7-5-15)29(23,24)11-10-28-30(25,26)27/h2-9,12,22H,10-11H2,1H3,(H,25,26,27). The van der Waals surface area contributed by atoms with Crippen molar-refractivity contribution in [3.8, 4) is 5.75 Å². The number of nitrogens with zero attached hydrogens (tertiary/aromatic N) is 2. The van der Waals surface area contributed by atoms with Crippen LogP contribution < -0.4 is 0 Å². The maximum absolute atomic E-state index is 12.2. The van der Waals surface area contributed by atoms with Gasteiger partial charge in [-0.05, 0) is 42.6 Å². The number of aromatic hydroxyl groups is 1. The smallest absolute Gasteiger partial charge is 0.397 e. The Labute approximate surface area is 173 Å². The van der Waals surface area contributed by atoms with Crippen molar-refractivity contribution in [2.45, 2.75) is 11.8 Å². The van der Waals surface area contributed by atoms with Gasteiger partial charge >= 0.3 is 10.4 Å². The Morgan fingerprint density at radius 1 is 0.933 bits per heavy atom. The number of benzene rings is 3. The first-order chi connectivity index (χ1) is 14.0. The first-order valence-electron chi connectivity index (χ1n) is 8.64. The van der Waals surface area contributed by atoms with Gasteiger partial charge in [0, 0.05) is 5.39 Å². The molecular weight excluding hydrogens is 432 g/mol. The number of azo groups is 1. The third-order valence-corrected chi connectivity index (χ3v) is 6.33. The quantitative estimate of drug-likeness (QED) is 0.411. The summed E-state index contributed by atoms with van der Waals surface area (Å²) in [5.74, 6) is -0.662. The van der Waals surface area contributed by atoms with E-state index in [4.69, 9.17) is 4.55 Å². The van der Waals surface area contributed by atoms with Gasteiger partial charge in [-0.1, -0.05) is 29.8 Å². The third-order valence-electron chi connectivity index (χ3n) is 4.17. The van der Waals surface area contributed by atoms with Gasteiger partial charge in [0.25, 0.3) is 0 Å². The minimum atomic E-state index is -4.70. The summed E-state index contributed by atoms with van der Waals surface area (Å²) in [6.45, 7) is 1.25. The molecule has 11 heteroatoms. The number of hydrogen-bond donors (Lipinski definition) is 2. The van der Waals surface area contributed by atoms with E-state index < -0.39 is 32.6 Å². The summed E-state index contributed by atoms with van der Waals surface area (Å²) in [4.78, 5) is -0.0659. The number of phenolic OH excluding ortho intramolecular Hbond substituents is 1. The Morgan fingerprint density at radius 3 is 2.30 bits per heavy atom. The summed E-state index contributed by atoms with van der Waals surface area (Å²) in [5.41, 5.74) is 1.72. The van der Waals surface area contributed by atoms with Crippen molar-refractivity contribution in [1.29, 1.82) is 0 Å². The molecule has 0 aromatic heterocycles. The van der Waals surface area contributed by atoms with E-state index in [2.05, 4.69) is 14.4 Å². The number of aryl methyl sites for hydroxylation is 1. The van der Waals surface area contributed by atoms with Gasteiger partial charge in [-0.2, -0.15) is 13.5 Å². The van der Waals surface area contributed by atoms with Gasteiger partial charge in [0.2, 0.25) is 0 Å². The molecule has 0 saturated heterocycles. The van der Waals surface area contributed by atoms with E-state index in [1.807, 2.05) is 25.1 Å². The summed E-state index contributed by atoms with van der Waals surface area (Å²) in [6, 6.07) is 14.4. The highest BCUT2D eigenvalue weighted by Gasteiger charge is 2.16. The van der Waals surface area contributed by atoms with E-state index in [9.17, 15) is 21.9 Å². The summed E-state index contributed by atoms with van der Waals surface area (Å²) >= 11 is 0.